The van der Waals surface area contributed by atoms with Gasteiger partial charge in [0.25, 0.3) is 5.56 Å². The molecule has 3 heterocycles. The van der Waals surface area contributed by atoms with E-state index in [4.69, 9.17) is 9.52 Å². The van der Waals surface area contributed by atoms with Gasteiger partial charge < -0.3 is 14.8 Å². The van der Waals surface area contributed by atoms with Crippen LogP contribution in [0, 0.1) is 6.92 Å². The lowest BCUT2D eigenvalue weighted by molar-refractivity contribution is 0.292. The van der Waals surface area contributed by atoms with Gasteiger partial charge in [0.2, 0.25) is 5.95 Å². The van der Waals surface area contributed by atoms with Crippen LogP contribution < -0.4 is 10.9 Å². The Kier molecular flexibility index (Phi) is 4.38. The third-order valence-corrected chi connectivity index (χ3v) is 3.87. The van der Waals surface area contributed by atoms with Crippen LogP contribution in [0.1, 0.15) is 38.7 Å². The van der Waals surface area contributed by atoms with Crippen LogP contribution in [0.5, 0.6) is 0 Å². The van der Waals surface area contributed by atoms with Crippen LogP contribution in [0.2, 0.25) is 0 Å². The minimum Gasteiger partial charge on any atom is -0.465 e. The molecule has 0 aliphatic heterocycles. The van der Waals surface area contributed by atoms with Gasteiger partial charge in [0.15, 0.2) is 11.5 Å². The molecule has 0 amide bonds. The summed E-state index contributed by atoms with van der Waals surface area (Å²) in [5.41, 5.74) is 0.891. The van der Waals surface area contributed by atoms with E-state index < -0.39 is 0 Å². The number of anilines is 1. The van der Waals surface area contributed by atoms with Crippen molar-refractivity contribution >= 4 is 11.6 Å². The molecule has 3 aromatic rings. The smallest absolute Gasteiger partial charge is 0.266 e. The summed E-state index contributed by atoms with van der Waals surface area (Å²) in [6, 6.07) is 3.37. The average molecular weight is 345 g/mol. The van der Waals surface area contributed by atoms with Gasteiger partial charge in [-0.05, 0) is 19.4 Å². The first kappa shape index (κ1) is 17.2. The van der Waals surface area contributed by atoms with Crippen LogP contribution in [0.15, 0.2) is 21.3 Å². The lowest BCUT2D eigenvalue weighted by Gasteiger charge is -2.13. The minimum atomic E-state index is -0.254. The molecule has 0 aliphatic carbocycles. The number of aromatic nitrogens is 4. The highest BCUT2D eigenvalue weighted by atomic mass is 16.3. The fourth-order valence-electron chi connectivity index (χ4n) is 2.50. The Balaban J connectivity index is 2.10. The molecular weight excluding hydrogens is 322 g/mol. The van der Waals surface area contributed by atoms with Crippen molar-refractivity contribution in [3.63, 3.8) is 0 Å². The highest BCUT2D eigenvalue weighted by Gasteiger charge is 2.22. The van der Waals surface area contributed by atoms with Crippen molar-refractivity contribution in [3.05, 3.63) is 34.0 Å². The van der Waals surface area contributed by atoms with Crippen molar-refractivity contribution < 1.29 is 9.52 Å². The first-order chi connectivity index (χ1) is 11.8. The molecule has 0 saturated carbocycles. The predicted octanol–water partition coefficient (Wildman–Crippen LogP) is 2.08. The second kappa shape index (κ2) is 6.36. The Morgan fingerprint density at radius 3 is 2.72 bits per heavy atom. The molecule has 0 saturated heterocycles. The number of H-pyrrole nitrogens is 1. The number of nitrogens with one attached hydrogen (secondary N) is 2. The zero-order valence-electron chi connectivity index (χ0n) is 14.9. The lowest BCUT2D eigenvalue weighted by Crippen LogP contribution is -2.12. The van der Waals surface area contributed by atoms with Crippen molar-refractivity contribution in [2.24, 2.45) is 0 Å². The molecule has 3 rings (SSSR count). The molecule has 134 valence electrons. The number of furan rings is 1. The molecule has 0 bridgehead atoms. The SMILES string of the molecule is Cc1oc(C(C)(C)C)cc1-c1nc(NCCCO)n2[nH]c(=O)cc2n1. The zero-order chi connectivity index (χ0) is 18.2. The third kappa shape index (κ3) is 3.43. The standard InChI is InChI=1S/C17H23N5O3/c1-10-11(8-12(25-10)17(2,3)4)15-19-13-9-14(24)21-22(13)16(20-15)18-6-5-7-23/h8-9,23H,5-7H2,1-4H3,(H,21,24)(H,18,19,20). The Morgan fingerprint density at radius 1 is 1.32 bits per heavy atom. The summed E-state index contributed by atoms with van der Waals surface area (Å²) >= 11 is 0. The molecule has 0 radical (unpaired) electrons. The van der Waals surface area contributed by atoms with E-state index in [1.165, 1.54) is 10.6 Å². The summed E-state index contributed by atoms with van der Waals surface area (Å²) in [6.07, 6.45) is 0.575. The summed E-state index contributed by atoms with van der Waals surface area (Å²) in [5, 5.41) is 14.7. The molecule has 0 aliphatic rings. The Hall–Kier alpha value is -2.61. The van der Waals surface area contributed by atoms with Gasteiger partial charge >= 0.3 is 0 Å². The van der Waals surface area contributed by atoms with Gasteiger partial charge in [0, 0.05) is 24.6 Å². The van der Waals surface area contributed by atoms with Crippen molar-refractivity contribution in [1.82, 2.24) is 19.6 Å². The fourth-order valence-corrected chi connectivity index (χ4v) is 2.50. The number of nitrogens with zero attached hydrogens (tertiary/aromatic N) is 3. The summed E-state index contributed by atoms with van der Waals surface area (Å²) in [4.78, 5) is 20.7. The molecule has 3 aromatic heterocycles. The summed E-state index contributed by atoms with van der Waals surface area (Å²) < 4.78 is 7.38. The predicted molar refractivity (Wildman–Crippen MR) is 94.9 cm³/mol. The van der Waals surface area contributed by atoms with Crippen LogP contribution in [0.3, 0.4) is 0 Å². The molecule has 25 heavy (non-hydrogen) atoms. The third-order valence-electron chi connectivity index (χ3n) is 3.87. The number of hydrogen-bond acceptors (Lipinski definition) is 6. The molecule has 0 fully saturated rings. The van der Waals surface area contributed by atoms with Gasteiger partial charge in [-0.15, -0.1) is 0 Å². The van der Waals surface area contributed by atoms with Crippen LogP contribution >= 0.6 is 0 Å². The van der Waals surface area contributed by atoms with E-state index >= 15 is 0 Å². The minimum absolute atomic E-state index is 0.0755. The molecule has 8 heteroatoms. The first-order valence-electron chi connectivity index (χ1n) is 8.25. The summed E-state index contributed by atoms with van der Waals surface area (Å²) in [7, 11) is 0. The van der Waals surface area contributed by atoms with Gasteiger partial charge in [-0.2, -0.15) is 4.98 Å². The van der Waals surface area contributed by atoms with E-state index in [9.17, 15) is 4.79 Å². The topological polar surface area (TPSA) is 108 Å². The first-order valence-corrected chi connectivity index (χ1v) is 8.25. The molecule has 0 spiro atoms. The van der Waals surface area contributed by atoms with Crippen LogP contribution in [-0.2, 0) is 5.41 Å². The maximum Gasteiger partial charge on any atom is 0.266 e. The maximum atomic E-state index is 11.7. The molecule has 8 nitrogen and oxygen atoms in total. The molecule has 0 aromatic carbocycles. The maximum absolute atomic E-state index is 11.7. The Morgan fingerprint density at radius 2 is 2.08 bits per heavy atom. The highest BCUT2D eigenvalue weighted by Crippen LogP contribution is 2.31. The normalized spacial score (nSPS) is 12.0. The van der Waals surface area contributed by atoms with E-state index in [1.807, 2.05) is 13.0 Å². The van der Waals surface area contributed by atoms with Gasteiger partial charge in [-0.1, -0.05) is 20.8 Å². The van der Waals surface area contributed by atoms with E-state index in [1.54, 1.807) is 0 Å². The number of aliphatic hydroxyl groups is 1. The van der Waals surface area contributed by atoms with Crippen molar-refractivity contribution in [2.45, 2.75) is 39.5 Å². The van der Waals surface area contributed by atoms with Crippen LogP contribution in [-0.4, -0.2) is 37.8 Å². The monoisotopic (exact) mass is 345 g/mol. The average Bonchev–Trinajstić information content (AvgIpc) is 3.09. The van der Waals surface area contributed by atoms with Crippen LogP contribution in [0.4, 0.5) is 5.95 Å². The summed E-state index contributed by atoms with van der Waals surface area (Å²) in [6.45, 7) is 8.71. The lowest BCUT2D eigenvalue weighted by atomic mass is 9.93. The summed E-state index contributed by atoms with van der Waals surface area (Å²) in [5.74, 6) is 2.54. The van der Waals surface area contributed by atoms with E-state index in [0.29, 0.717) is 30.4 Å². The number of aryl methyl sites for hydroxylation is 1. The molecule has 0 atom stereocenters. The van der Waals surface area contributed by atoms with Crippen molar-refractivity contribution in [3.8, 4) is 11.4 Å². The van der Waals surface area contributed by atoms with E-state index in [2.05, 4.69) is 41.2 Å². The van der Waals surface area contributed by atoms with Crippen molar-refractivity contribution in [2.75, 3.05) is 18.5 Å². The largest absolute Gasteiger partial charge is 0.465 e. The number of fused-ring (bicyclic) bond motifs is 1. The highest BCUT2D eigenvalue weighted by molar-refractivity contribution is 5.62. The van der Waals surface area contributed by atoms with Gasteiger partial charge in [-0.25, -0.2) is 9.50 Å². The van der Waals surface area contributed by atoms with E-state index in [-0.39, 0.29) is 17.6 Å². The second-order valence-electron chi connectivity index (χ2n) is 7.02. The molecular formula is C17H23N5O3. The second-order valence-corrected chi connectivity index (χ2v) is 7.02. The zero-order valence-corrected chi connectivity index (χ0v) is 14.9. The van der Waals surface area contributed by atoms with Crippen molar-refractivity contribution in [1.29, 1.82) is 0 Å². The van der Waals surface area contributed by atoms with Gasteiger partial charge in [0.05, 0.1) is 5.56 Å². The molecule has 3 N–H and O–H groups in total. The molecule has 0 unspecified atom stereocenters. The van der Waals surface area contributed by atoms with Gasteiger partial charge in [0.1, 0.15) is 11.5 Å². The fraction of sp³-hybridized carbons (Fsp3) is 0.471. The number of hydrogen-bond donors (Lipinski definition) is 3. The number of aromatic amines is 1. The Bertz CT molecular complexity index is 945. The van der Waals surface area contributed by atoms with Gasteiger partial charge in [-0.3, -0.25) is 9.89 Å². The van der Waals surface area contributed by atoms with E-state index in [0.717, 1.165) is 17.1 Å². The Labute approximate surface area is 144 Å². The number of aliphatic hydroxyl groups excluding tert-OH is 1. The number of rotatable bonds is 5. The quantitative estimate of drug-likeness (QED) is 0.611. The van der Waals surface area contributed by atoms with Crippen LogP contribution in [0.25, 0.3) is 17.0 Å².